The number of benzene rings is 1. The van der Waals surface area contributed by atoms with Crippen molar-refractivity contribution < 1.29 is 13.2 Å². The fourth-order valence-electron chi connectivity index (χ4n) is 1.75. The average Bonchev–Trinajstić information content (AvgIpc) is 2.52. The van der Waals surface area contributed by atoms with Gasteiger partial charge in [-0.3, -0.25) is 4.79 Å². The maximum atomic E-state index is 12.4. The van der Waals surface area contributed by atoms with Crippen molar-refractivity contribution in [2.45, 2.75) is 4.90 Å². The summed E-state index contributed by atoms with van der Waals surface area (Å²) in [7, 11) is -3.73. The van der Waals surface area contributed by atoms with Gasteiger partial charge in [0.15, 0.2) is 0 Å². The van der Waals surface area contributed by atoms with E-state index in [0.29, 0.717) is 13.1 Å². The SMILES string of the molecule is C#CCNS(=O)(=O)c1cccc(C(=O)N(CC=C)CC=C)c1. The topological polar surface area (TPSA) is 66.5 Å². The zero-order valence-electron chi connectivity index (χ0n) is 12.2. The summed E-state index contributed by atoms with van der Waals surface area (Å²) >= 11 is 0. The smallest absolute Gasteiger partial charge is 0.254 e. The number of hydrogen-bond donors (Lipinski definition) is 1. The molecular formula is C16H18N2O3S. The second kappa shape index (κ2) is 8.17. The van der Waals surface area contributed by atoms with Crippen LogP contribution in [0.5, 0.6) is 0 Å². The average molecular weight is 318 g/mol. The Hall–Kier alpha value is -2.36. The van der Waals surface area contributed by atoms with Crippen LogP contribution in [0.15, 0.2) is 54.5 Å². The first kappa shape index (κ1) is 17.7. The Labute approximate surface area is 131 Å². The third-order valence-electron chi connectivity index (χ3n) is 2.74. The molecule has 0 aromatic heterocycles. The van der Waals surface area contributed by atoms with Gasteiger partial charge in [-0.15, -0.1) is 19.6 Å². The van der Waals surface area contributed by atoms with Crippen LogP contribution in [-0.4, -0.2) is 38.9 Å². The molecule has 1 amide bonds. The van der Waals surface area contributed by atoms with Crippen LogP contribution in [0.2, 0.25) is 0 Å². The summed E-state index contributed by atoms with van der Waals surface area (Å²) in [6.07, 6.45) is 8.23. The lowest BCUT2D eigenvalue weighted by Crippen LogP contribution is -2.31. The second-order valence-electron chi connectivity index (χ2n) is 4.34. The predicted molar refractivity (Wildman–Crippen MR) is 86.8 cm³/mol. The minimum Gasteiger partial charge on any atom is -0.331 e. The predicted octanol–water partition coefficient (Wildman–Crippen LogP) is 1.41. The maximum Gasteiger partial charge on any atom is 0.254 e. The summed E-state index contributed by atoms with van der Waals surface area (Å²) < 4.78 is 26.3. The van der Waals surface area contributed by atoms with E-state index in [9.17, 15) is 13.2 Å². The van der Waals surface area contributed by atoms with E-state index in [2.05, 4.69) is 23.8 Å². The van der Waals surface area contributed by atoms with Crippen LogP contribution in [0.25, 0.3) is 0 Å². The molecule has 0 radical (unpaired) electrons. The molecule has 0 aliphatic carbocycles. The number of terminal acetylenes is 1. The zero-order valence-corrected chi connectivity index (χ0v) is 13.0. The van der Waals surface area contributed by atoms with E-state index < -0.39 is 10.0 Å². The molecule has 5 nitrogen and oxygen atoms in total. The molecule has 0 fully saturated rings. The minimum atomic E-state index is -3.73. The first-order chi connectivity index (χ1) is 10.5. The Morgan fingerprint density at radius 2 is 1.95 bits per heavy atom. The molecule has 0 saturated carbocycles. The van der Waals surface area contributed by atoms with Gasteiger partial charge in [-0.2, -0.15) is 4.72 Å². The maximum absolute atomic E-state index is 12.4. The molecule has 0 atom stereocenters. The van der Waals surface area contributed by atoms with Crippen molar-refractivity contribution >= 4 is 15.9 Å². The number of carbonyl (C=O) groups excluding carboxylic acids is 1. The van der Waals surface area contributed by atoms with E-state index in [0.717, 1.165) is 0 Å². The summed E-state index contributed by atoms with van der Waals surface area (Å²) in [6.45, 7) is 7.77. The standard InChI is InChI=1S/C16H18N2O3S/c1-4-10-17-22(20,21)15-9-7-8-14(13-15)16(19)18(11-5-2)12-6-3/h1,5-9,13,17H,2-3,10-12H2. The number of amides is 1. The van der Waals surface area contributed by atoms with Gasteiger partial charge in [-0.1, -0.05) is 24.1 Å². The molecule has 1 N–H and O–H groups in total. The van der Waals surface area contributed by atoms with Gasteiger partial charge >= 0.3 is 0 Å². The number of carbonyl (C=O) groups is 1. The summed E-state index contributed by atoms with van der Waals surface area (Å²) in [6, 6.07) is 5.79. The molecule has 1 rings (SSSR count). The van der Waals surface area contributed by atoms with Gasteiger partial charge in [0.05, 0.1) is 11.4 Å². The van der Waals surface area contributed by atoms with Gasteiger partial charge < -0.3 is 4.90 Å². The van der Waals surface area contributed by atoms with Crippen LogP contribution in [0, 0.1) is 12.3 Å². The first-order valence-corrected chi connectivity index (χ1v) is 7.99. The van der Waals surface area contributed by atoms with Gasteiger partial charge in [0.25, 0.3) is 5.91 Å². The van der Waals surface area contributed by atoms with Gasteiger partial charge in [0.1, 0.15) is 0 Å². The highest BCUT2D eigenvalue weighted by molar-refractivity contribution is 7.89. The Bertz CT molecular complexity index is 692. The molecule has 0 bridgehead atoms. The van der Waals surface area contributed by atoms with Crippen molar-refractivity contribution in [3.63, 3.8) is 0 Å². The van der Waals surface area contributed by atoms with Gasteiger partial charge in [-0.05, 0) is 18.2 Å². The molecule has 0 saturated heterocycles. The number of rotatable bonds is 8. The molecule has 6 heteroatoms. The van der Waals surface area contributed by atoms with Crippen LogP contribution in [0.3, 0.4) is 0 Å². The van der Waals surface area contributed by atoms with E-state index in [1.54, 1.807) is 18.2 Å². The Morgan fingerprint density at radius 3 is 2.50 bits per heavy atom. The van der Waals surface area contributed by atoms with Crippen LogP contribution in [0.1, 0.15) is 10.4 Å². The zero-order chi connectivity index (χ0) is 16.6. The molecule has 0 aliphatic rings. The molecule has 0 unspecified atom stereocenters. The molecular weight excluding hydrogens is 300 g/mol. The molecule has 1 aromatic rings. The van der Waals surface area contributed by atoms with Crippen molar-refractivity contribution in [3.8, 4) is 12.3 Å². The number of sulfonamides is 1. The quantitative estimate of drug-likeness (QED) is 0.582. The summed E-state index contributed by atoms with van der Waals surface area (Å²) in [5, 5.41) is 0. The Balaban J connectivity index is 3.10. The number of hydrogen-bond acceptors (Lipinski definition) is 3. The van der Waals surface area contributed by atoms with Crippen LogP contribution in [-0.2, 0) is 10.0 Å². The van der Waals surface area contributed by atoms with Crippen LogP contribution >= 0.6 is 0 Å². The van der Waals surface area contributed by atoms with Crippen molar-refractivity contribution in [2.24, 2.45) is 0 Å². The van der Waals surface area contributed by atoms with E-state index in [1.165, 1.54) is 23.1 Å². The van der Waals surface area contributed by atoms with Crippen molar-refractivity contribution in [2.75, 3.05) is 19.6 Å². The Morgan fingerprint density at radius 1 is 1.32 bits per heavy atom. The largest absolute Gasteiger partial charge is 0.331 e. The highest BCUT2D eigenvalue weighted by Gasteiger charge is 2.18. The van der Waals surface area contributed by atoms with E-state index in [4.69, 9.17) is 6.42 Å². The highest BCUT2D eigenvalue weighted by Crippen LogP contribution is 2.13. The lowest BCUT2D eigenvalue weighted by atomic mass is 10.2. The van der Waals surface area contributed by atoms with Gasteiger partial charge in [-0.25, -0.2) is 8.42 Å². The third kappa shape index (κ3) is 4.58. The molecule has 0 heterocycles. The van der Waals surface area contributed by atoms with Crippen molar-refractivity contribution in [1.82, 2.24) is 9.62 Å². The highest BCUT2D eigenvalue weighted by atomic mass is 32.2. The molecule has 0 aliphatic heterocycles. The fraction of sp³-hybridized carbons (Fsp3) is 0.188. The summed E-state index contributed by atoms with van der Waals surface area (Å²) in [4.78, 5) is 13.9. The second-order valence-corrected chi connectivity index (χ2v) is 6.11. The minimum absolute atomic E-state index is 0.00856. The fourth-order valence-corrected chi connectivity index (χ4v) is 2.73. The number of nitrogens with one attached hydrogen (secondary N) is 1. The molecule has 116 valence electrons. The normalized spacial score (nSPS) is 10.5. The van der Waals surface area contributed by atoms with Gasteiger partial charge in [0.2, 0.25) is 10.0 Å². The summed E-state index contributed by atoms with van der Waals surface area (Å²) in [5.41, 5.74) is 0.271. The molecule has 22 heavy (non-hydrogen) atoms. The van der Waals surface area contributed by atoms with Crippen molar-refractivity contribution in [3.05, 3.63) is 55.1 Å². The van der Waals surface area contributed by atoms with Crippen LogP contribution in [0.4, 0.5) is 0 Å². The van der Waals surface area contributed by atoms with Crippen molar-refractivity contribution in [1.29, 1.82) is 0 Å². The van der Waals surface area contributed by atoms with E-state index in [1.807, 2.05) is 0 Å². The van der Waals surface area contributed by atoms with Gasteiger partial charge in [0, 0.05) is 18.7 Å². The van der Waals surface area contributed by atoms with E-state index in [-0.39, 0.29) is 22.9 Å². The Kier molecular flexibility index (Phi) is 6.57. The molecule has 0 spiro atoms. The van der Waals surface area contributed by atoms with E-state index >= 15 is 0 Å². The number of nitrogens with zero attached hydrogens (tertiary/aromatic N) is 1. The lowest BCUT2D eigenvalue weighted by molar-refractivity contribution is 0.0790. The summed E-state index contributed by atoms with van der Waals surface area (Å²) in [5.74, 6) is 1.90. The lowest BCUT2D eigenvalue weighted by Gasteiger charge is -2.19. The molecule has 1 aromatic carbocycles. The third-order valence-corrected chi connectivity index (χ3v) is 4.14. The van der Waals surface area contributed by atoms with Crippen LogP contribution < -0.4 is 4.72 Å². The monoisotopic (exact) mass is 318 g/mol. The first-order valence-electron chi connectivity index (χ1n) is 6.50.